The molecule has 1 aliphatic heterocycles. The Morgan fingerprint density at radius 3 is 2.84 bits per heavy atom. The van der Waals surface area contributed by atoms with Crippen LogP contribution in [0.15, 0.2) is 18.2 Å². The number of likely N-dealkylation sites (N-methyl/N-ethyl adjacent to an activating group) is 1. The van der Waals surface area contributed by atoms with Crippen LogP contribution < -0.4 is 0 Å². The predicted octanol–water partition coefficient (Wildman–Crippen LogP) is 2.58. The largest absolute Gasteiger partial charge is 0.480 e. The second-order valence-corrected chi connectivity index (χ2v) is 6.53. The summed E-state index contributed by atoms with van der Waals surface area (Å²) in [4.78, 5) is 14.3. The van der Waals surface area contributed by atoms with E-state index in [4.69, 9.17) is 21.4 Å². The van der Waals surface area contributed by atoms with Gasteiger partial charge in [-0.05, 0) is 30.8 Å². The zero-order chi connectivity index (χ0) is 18.6. The fourth-order valence-electron chi connectivity index (χ4n) is 2.79. The summed E-state index contributed by atoms with van der Waals surface area (Å²) in [5, 5.41) is 9.07. The van der Waals surface area contributed by atoms with E-state index in [1.54, 1.807) is 11.9 Å². The number of hydrogen-bond acceptors (Lipinski definition) is 4. The molecule has 1 unspecified atom stereocenters. The lowest BCUT2D eigenvalue weighted by Gasteiger charge is -2.34. The minimum atomic E-state index is -4.41. The van der Waals surface area contributed by atoms with E-state index >= 15 is 0 Å². The molecule has 1 atom stereocenters. The number of morpholine rings is 1. The quantitative estimate of drug-likeness (QED) is 0.822. The van der Waals surface area contributed by atoms with Gasteiger partial charge < -0.3 is 9.84 Å². The average molecular weight is 381 g/mol. The minimum Gasteiger partial charge on any atom is -0.480 e. The minimum absolute atomic E-state index is 0.0979. The molecular weight excluding hydrogens is 361 g/mol. The number of rotatable bonds is 6. The molecule has 0 aromatic heterocycles. The second kappa shape index (κ2) is 8.35. The monoisotopic (exact) mass is 380 g/mol. The lowest BCUT2D eigenvalue weighted by Crippen LogP contribution is -2.47. The van der Waals surface area contributed by atoms with Crippen molar-refractivity contribution in [2.75, 3.05) is 39.8 Å². The molecule has 140 valence electrons. The van der Waals surface area contributed by atoms with Crippen LogP contribution in [0.1, 0.15) is 11.1 Å². The number of ether oxygens (including phenoxy) is 1. The highest BCUT2D eigenvalue weighted by Gasteiger charge is 2.31. The molecule has 1 saturated heterocycles. The van der Waals surface area contributed by atoms with Crippen molar-refractivity contribution < 1.29 is 27.8 Å². The lowest BCUT2D eigenvalue weighted by molar-refractivity contribution is -0.139. The van der Waals surface area contributed by atoms with Crippen molar-refractivity contribution in [1.29, 1.82) is 0 Å². The Morgan fingerprint density at radius 1 is 1.48 bits per heavy atom. The third-order valence-electron chi connectivity index (χ3n) is 3.91. The first kappa shape index (κ1) is 20.0. The molecule has 0 radical (unpaired) electrons. The maximum absolute atomic E-state index is 12.9. The van der Waals surface area contributed by atoms with Gasteiger partial charge in [0, 0.05) is 31.2 Å². The summed E-state index contributed by atoms with van der Waals surface area (Å²) in [6.07, 6.45) is -4.62. The summed E-state index contributed by atoms with van der Waals surface area (Å²) >= 11 is 6.04. The first-order valence-corrected chi connectivity index (χ1v) is 8.13. The van der Waals surface area contributed by atoms with Gasteiger partial charge in [0.2, 0.25) is 0 Å². The van der Waals surface area contributed by atoms with Crippen LogP contribution in [0.4, 0.5) is 13.2 Å². The summed E-state index contributed by atoms with van der Waals surface area (Å²) in [5.41, 5.74) is -0.311. The van der Waals surface area contributed by atoms with Crippen LogP contribution in [0.3, 0.4) is 0 Å². The maximum atomic E-state index is 12.9. The molecule has 0 saturated carbocycles. The molecular formula is C16H20ClF3N2O3. The van der Waals surface area contributed by atoms with E-state index in [9.17, 15) is 18.0 Å². The third-order valence-corrected chi connectivity index (χ3v) is 4.28. The highest BCUT2D eigenvalue weighted by molar-refractivity contribution is 6.31. The van der Waals surface area contributed by atoms with Crippen molar-refractivity contribution in [3.8, 4) is 0 Å². The van der Waals surface area contributed by atoms with Gasteiger partial charge in [-0.2, -0.15) is 13.2 Å². The van der Waals surface area contributed by atoms with Gasteiger partial charge in [0.1, 0.15) is 0 Å². The van der Waals surface area contributed by atoms with E-state index in [1.165, 1.54) is 6.07 Å². The molecule has 1 aromatic rings. The number of benzene rings is 1. The lowest BCUT2D eigenvalue weighted by atomic mass is 10.1. The van der Waals surface area contributed by atoms with Gasteiger partial charge in [-0.3, -0.25) is 14.6 Å². The number of alkyl halides is 3. The van der Waals surface area contributed by atoms with Gasteiger partial charge in [-0.15, -0.1) is 0 Å². The van der Waals surface area contributed by atoms with E-state index in [2.05, 4.69) is 0 Å². The summed E-state index contributed by atoms with van der Waals surface area (Å²) in [6.45, 7) is 2.12. The molecule has 0 bridgehead atoms. The molecule has 25 heavy (non-hydrogen) atoms. The number of aliphatic carboxylic acids is 1. The van der Waals surface area contributed by atoms with Crippen LogP contribution in [-0.2, 0) is 22.3 Å². The summed E-state index contributed by atoms with van der Waals surface area (Å²) < 4.78 is 44.2. The number of nitrogens with zero attached hydrogens (tertiary/aromatic N) is 2. The first-order valence-electron chi connectivity index (χ1n) is 7.75. The van der Waals surface area contributed by atoms with Gasteiger partial charge in [-0.1, -0.05) is 11.6 Å². The normalized spacial score (nSPS) is 19.4. The Labute approximate surface area is 148 Å². The number of halogens is 4. The average Bonchev–Trinajstić information content (AvgIpc) is 2.47. The van der Waals surface area contributed by atoms with Crippen molar-refractivity contribution >= 4 is 17.6 Å². The molecule has 1 aliphatic rings. The van der Waals surface area contributed by atoms with Gasteiger partial charge >= 0.3 is 12.1 Å². The van der Waals surface area contributed by atoms with Crippen LogP contribution in [-0.4, -0.2) is 66.8 Å². The van der Waals surface area contributed by atoms with E-state index in [0.717, 1.165) is 12.1 Å². The molecule has 1 N–H and O–H groups in total. The Bertz CT molecular complexity index is 613. The number of carbonyl (C=O) groups is 1. The predicted molar refractivity (Wildman–Crippen MR) is 86.6 cm³/mol. The Hall–Kier alpha value is -1.35. The zero-order valence-electron chi connectivity index (χ0n) is 13.7. The summed E-state index contributed by atoms with van der Waals surface area (Å²) in [7, 11) is 1.68. The SMILES string of the molecule is CN(CC(=O)O)CC1CN(Cc2cc(C(F)(F)F)ccc2Cl)CCO1. The van der Waals surface area contributed by atoms with Crippen molar-refractivity contribution in [3.05, 3.63) is 34.3 Å². The van der Waals surface area contributed by atoms with Crippen LogP contribution in [0.25, 0.3) is 0 Å². The fraction of sp³-hybridized carbons (Fsp3) is 0.562. The van der Waals surface area contributed by atoms with Gasteiger partial charge in [0.15, 0.2) is 0 Å². The van der Waals surface area contributed by atoms with Crippen LogP contribution in [0, 0.1) is 0 Å². The van der Waals surface area contributed by atoms with Crippen LogP contribution in [0.2, 0.25) is 5.02 Å². The van der Waals surface area contributed by atoms with Crippen LogP contribution in [0.5, 0.6) is 0 Å². The standard InChI is InChI=1S/C16H20ClF3N2O3/c1-21(10-15(23)24)8-13-9-22(4-5-25-13)7-11-6-12(16(18,19)20)2-3-14(11)17/h2-3,6,13H,4-5,7-10H2,1H3,(H,23,24). The van der Waals surface area contributed by atoms with Crippen LogP contribution >= 0.6 is 11.6 Å². The molecule has 0 aliphatic carbocycles. The number of carboxylic acid groups (broad SMARTS) is 1. The molecule has 0 spiro atoms. The fourth-order valence-corrected chi connectivity index (χ4v) is 2.97. The van der Waals surface area contributed by atoms with E-state index in [0.29, 0.717) is 36.8 Å². The molecule has 2 rings (SSSR count). The van der Waals surface area contributed by atoms with Crippen molar-refractivity contribution in [1.82, 2.24) is 9.80 Å². The number of carboxylic acids is 1. The van der Waals surface area contributed by atoms with E-state index in [-0.39, 0.29) is 19.2 Å². The Morgan fingerprint density at radius 2 is 2.20 bits per heavy atom. The summed E-state index contributed by atoms with van der Waals surface area (Å²) in [6, 6.07) is 3.30. The topological polar surface area (TPSA) is 53.0 Å². The molecule has 5 nitrogen and oxygen atoms in total. The zero-order valence-corrected chi connectivity index (χ0v) is 14.5. The molecule has 1 heterocycles. The third kappa shape index (κ3) is 6.14. The summed E-state index contributed by atoms with van der Waals surface area (Å²) in [5.74, 6) is -0.925. The number of hydrogen-bond donors (Lipinski definition) is 1. The first-order chi connectivity index (χ1) is 11.6. The van der Waals surface area contributed by atoms with Crippen molar-refractivity contribution in [2.24, 2.45) is 0 Å². The smallest absolute Gasteiger partial charge is 0.416 e. The molecule has 1 aromatic carbocycles. The van der Waals surface area contributed by atoms with Gasteiger partial charge in [-0.25, -0.2) is 0 Å². The van der Waals surface area contributed by atoms with E-state index in [1.807, 2.05) is 4.90 Å². The van der Waals surface area contributed by atoms with E-state index < -0.39 is 17.7 Å². The highest BCUT2D eigenvalue weighted by Crippen LogP contribution is 2.32. The van der Waals surface area contributed by atoms with Gasteiger partial charge in [0.25, 0.3) is 0 Å². The van der Waals surface area contributed by atoms with Gasteiger partial charge in [0.05, 0.1) is 24.8 Å². The second-order valence-electron chi connectivity index (χ2n) is 6.12. The van der Waals surface area contributed by atoms with Crippen molar-refractivity contribution in [2.45, 2.75) is 18.8 Å². The maximum Gasteiger partial charge on any atom is 0.416 e. The van der Waals surface area contributed by atoms with Crippen molar-refractivity contribution in [3.63, 3.8) is 0 Å². The Balaban J connectivity index is 1.99. The molecule has 1 fully saturated rings. The molecule has 9 heteroatoms. The Kier molecular flexibility index (Phi) is 6.67. The molecule has 0 amide bonds. The highest BCUT2D eigenvalue weighted by atomic mass is 35.5.